The van der Waals surface area contributed by atoms with Gasteiger partial charge in [0.25, 0.3) is 5.91 Å². The number of rotatable bonds is 1. The van der Waals surface area contributed by atoms with Crippen molar-refractivity contribution < 1.29 is 4.79 Å². The second kappa shape index (κ2) is 2.90. The summed E-state index contributed by atoms with van der Waals surface area (Å²) < 4.78 is 1.24. The molecule has 1 heterocycles. The Morgan fingerprint density at radius 1 is 1.80 bits per heavy atom. The van der Waals surface area contributed by atoms with Crippen LogP contribution in [0.25, 0.3) is 0 Å². The summed E-state index contributed by atoms with van der Waals surface area (Å²) in [5.74, 6) is -0.494. The van der Waals surface area contributed by atoms with Crippen LogP contribution in [0.4, 0.5) is 0 Å². The van der Waals surface area contributed by atoms with Crippen LogP contribution < -0.4 is 5.73 Å². The summed E-state index contributed by atoms with van der Waals surface area (Å²) in [5.41, 5.74) is 5.36. The Balaban J connectivity index is 3.15. The van der Waals surface area contributed by atoms with Crippen LogP contribution in [0.3, 0.4) is 0 Å². The first kappa shape index (κ1) is 8.04. The molecule has 0 saturated carbocycles. The standard InChI is InChI=1S/C5H3BrClNOS/c6-3-1-2(5(8)9)4(7)10-3/h1H,(H2,8,9). The lowest BCUT2D eigenvalue weighted by atomic mass is 10.3. The molecule has 1 amide bonds. The van der Waals surface area contributed by atoms with Gasteiger partial charge in [0.15, 0.2) is 0 Å². The third kappa shape index (κ3) is 1.51. The first-order valence-electron chi connectivity index (χ1n) is 2.36. The van der Waals surface area contributed by atoms with Gasteiger partial charge in [-0.2, -0.15) is 0 Å². The minimum atomic E-state index is -0.494. The third-order valence-electron chi connectivity index (χ3n) is 0.922. The van der Waals surface area contributed by atoms with E-state index in [-0.39, 0.29) is 0 Å². The summed E-state index contributed by atoms with van der Waals surface area (Å²) in [5, 5.41) is 0. The Morgan fingerprint density at radius 3 is 2.60 bits per heavy atom. The number of halogens is 2. The van der Waals surface area contributed by atoms with E-state index in [1.54, 1.807) is 6.07 Å². The van der Waals surface area contributed by atoms with E-state index in [1.165, 1.54) is 11.3 Å². The molecule has 0 aliphatic carbocycles. The molecule has 2 N–H and O–H groups in total. The van der Waals surface area contributed by atoms with Gasteiger partial charge in [-0.1, -0.05) is 11.6 Å². The molecule has 1 aromatic rings. The summed E-state index contributed by atoms with van der Waals surface area (Å²) in [6, 6.07) is 1.61. The van der Waals surface area contributed by atoms with Crippen LogP contribution in [-0.2, 0) is 0 Å². The quantitative estimate of drug-likeness (QED) is 0.804. The van der Waals surface area contributed by atoms with Crippen molar-refractivity contribution in [3.63, 3.8) is 0 Å². The molecule has 1 rings (SSSR count). The average molecular weight is 241 g/mol. The van der Waals surface area contributed by atoms with Crippen LogP contribution in [-0.4, -0.2) is 5.91 Å². The maximum absolute atomic E-state index is 10.6. The molecule has 5 heteroatoms. The predicted octanol–water partition coefficient (Wildman–Crippen LogP) is 2.26. The van der Waals surface area contributed by atoms with Crippen molar-refractivity contribution in [3.8, 4) is 0 Å². The number of hydrogen-bond acceptors (Lipinski definition) is 2. The maximum Gasteiger partial charge on any atom is 0.251 e. The van der Waals surface area contributed by atoms with Crippen LogP contribution in [0.2, 0.25) is 4.34 Å². The van der Waals surface area contributed by atoms with E-state index in [0.717, 1.165) is 3.79 Å². The highest BCUT2D eigenvalue weighted by Crippen LogP contribution is 2.30. The minimum Gasteiger partial charge on any atom is -0.366 e. The van der Waals surface area contributed by atoms with Crippen LogP contribution in [0.15, 0.2) is 9.85 Å². The zero-order valence-corrected chi connectivity index (χ0v) is 7.89. The van der Waals surface area contributed by atoms with E-state index < -0.39 is 5.91 Å². The molecule has 0 spiro atoms. The smallest absolute Gasteiger partial charge is 0.251 e. The lowest BCUT2D eigenvalue weighted by molar-refractivity contribution is 0.100. The highest BCUT2D eigenvalue weighted by molar-refractivity contribution is 9.11. The topological polar surface area (TPSA) is 43.1 Å². The zero-order valence-electron chi connectivity index (χ0n) is 4.73. The average Bonchev–Trinajstić information content (AvgIpc) is 2.10. The Kier molecular flexibility index (Phi) is 2.33. The van der Waals surface area contributed by atoms with Gasteiger partial charge in [0.2, 0.25) is 0 Å². The molecule has 0 saturated heterocycles. The molecule has 0 bridgehead atoms. The zero-order chi connectivity index (χ0) is 7.72. The van der Waals surface area contributed by atoms with E-state index in [2.05, 4.69) is 15.9 Å². The molecule has 0 aromatic carbocycles. The SMILES string of the molecule is NC(=O)c1cc(Br)sc1Cl. The van der Waals surface area contributed by atoms with Crippen molar-refractivity contribution in [1.29, 1.82) is 0 Å². The molecule has 1 aromatic heterocycles. The van der Waals surface area contributed by atoms with Gasteiger partial charge in [-0.3, -0.25) is 4.79 Å². The van der Waals surface area contributed by atoms with E-state index in [9.17, 15) is 4.79 Å². The highest BCUT2D eigenvalue weighted by atomic mass is 79.9. The number of primary amides is 1. The van der Waals surface area contributed by atoms with Gasteiger partial charge in [0.05, 0.1) is 9.35 Å². The van der Waals surface area contributed by atoms with Gasteiger partial charge in [-0.05, 0) is 22.0 Å². The molecule has 2 nitrogen and oxygen atoms in total. The van der Waals surface area contributed by atoms with Crippen molar-refractivity contribution in [2.45, 2.75) is 0 Å². The fourth-order valence-corrected chi connectivity index (χ4v) is 2.52. The number of amides is 1. The van der Waals surface area contributed by atoms with Crippen molar-refractivity contribution in [1.82, 2.24) is 0 Å². The van der Waals surface area contributed by atoms with Crippen LogP contribution in [0.5, 0.6) is 0 Å². The lowest BCUT2D eigenvalue weighted by Crippen LogP contribution is -2.09. The molecular formula is C5H3BrClNOS. The van der Waals surface area contributed by atoms with Gasteiger partial charge in [0, 0.05) is 0 Å². The lowest BCUT2D eigenvalue weighted by Gasteiger charge is -1.85. The van der Waals surface area contributed by atoms with Crippen molar-refractivity contribution in [2.75, 3.05) is 0 Å². The Labute approximate surface area is 75.1 Å². The number of hydrogen-bond donors (Lipinski definition) is 1. The van der Waals surface area contributed by atoms with Crippen LogP contribution in [0, 0.1) is 0 Å². The summed E-state index contributed by atoms with van der Waals surface area (Å²) in [6.07, 6.45) is 0. The minimum absolute atomic E-state index is 0.374. The fourth-order valence-electron chi connectivity index (χ4n) is 0.508. The van der Waals surface area contributed by atoms with Crippen LogP contribution in [0.1, 0.15) is 10.4 Å². The van der Waals surface area contributed by atoms with Crippen LogP contribution >= 0.6 is 38.9 Å². The summed E-state index contributed by atoms with van der Waals surface area (Å²) in [6.45, 7) is 0. The van der Waals surface area contributed by atoms with Crippen molar-refractivity contribution in [2.24, 2.45) is 5.73 Å². The summed E-state index contributed by atoms with van der Waals surface area (Å²) in [7, 11) is 0. The molecule has 54 valence electrons. The van der Waals surface area contributed by atoms with E-state index in [4.69, 9.17) is 17.3 Å². The maximum atomic E-state index is 10.6. The largest absolute Gasteiger partial charge is 0.366 e. The molecule has 0 atom stereocenters. The van der Waals surface area contributed by atoms with E-state index in [1.807, 2.05) is 0 Å². The highest BCUT2D eigenvalue weighted by Gasteiger charge is 2.09. The molecule has 10 heavy (non-hydrogen) atoms. The second-order valence-electron chi connectivity index (χ2n) is 1.60. The molecular weight excluding hydrogens is 237 g/mol. The van der Waals surface area contributed by atoms with E-state index >= 15 is 0 Å². The van der Waals surface area contributed by atoms with Gasteiger partial charge in [0.1, 0.15) is 4.34 Å². The summed E-state index contributed by atoms with van der Waals surface area (Å²) >= 11 is 10.1. The molecule has 0 aliphatic heterocycles. The van der Waals surface area contributed by atoms with Gasteiger partial charge >= 0.3 is 0 Å². The van der Waals surface area contributed by atoms with E-state index in [0.29, 0.717) is 9.90 Å². The second-order valence-corrected chi connectivity index (χ2v) is 4.64. The normalized spacial score (nSPS) is 9.80. The van der Waals surface area contributed by atoms with Gasteiger partial charge in [-0.25, -0.2) is 0 Å². The number of carbonyl (C=O) groups excluding carboxylic acids is 1. The van der Waals surface area contributed by atoms with Crippen molar-refractivity contribution in [3.05, 3.63) is 19.8 Å². The third-order valence-corrected chi connectivity index (χ3v) is 2.78. The Bertz CT molecular complexity index is 273. The first-order valence-corrected chi connectivity index (χ1v) is 4.34. The molecule has 0 fully saturated rings. The number of nitrogens with two attached hydrogens (primary N) is 1. The number of thiophene rings is 1. The number of carbonyl (C=O) groups is 1. The fraction of sp³-hybridized carbons (Fsp3) is 0. The molecule has 0 unspecified atom stereocenters. The van der Waals surface area contributed by atoms with Gasteiger partial charge < -0.3 is 5.73 Å². The summed E-state index contributed by atoms with van der Waals surface area (Å²) in [4.78, 5) is 10.6. The Morgan fingerprint density at radius 2 is 2.40 bits per heavy atom. The molecule has 0 radical (unpaired) electrons. The Hall–Kier alpha value is -0.0600. The monoisotopic (exact) mass is 239 g/mol. The predicted molar refractivity (Wildman–Crippen MR) is 45.5 cm³/mol. The molecule has 0 aliphatic rings. The van der Waals surface area contributed by atoms with Crippen molar-refractivity contribution >= 4 is 44.8 Å². The van der Waals surface area contributed by atoms with Gasteiger partial charge in [-0.15, -0.1) is 11.3 Å². The first-order chi connectivity index (χ1) is 4.61.